The van der Waals surface area contributed by atoms with Crippen LogP contribution in [0.2, 0.25) is 0 Å². The molecule has 66 heavy (non-hydrogen) atoms. The van der Waals surface area contributed by atoms with E-state index in [1.54, 1.807) is 0 Å². The first-order valence-corrected chi connectivity index (χ1v) is 23.2. The van der Waals surface area contributed by atoms with Gasteiger partial charge in [-0.1, -0.05) is 218 Å². The molecule has 0 N–H and O–H groups in total. The predicted octanol–water partition coefficient (Wildman–Crippen LogP) is 15.9. The van der Waals surface area contributed by atoms with Gasteiger partial charge in [-0.05, 0) is 108 Å². The van der Waals surface area contributed by atoms with Gasteiger partial charge in [0.25, 0.3) is 0 Å². The van der Waals surface area contributed by atoms with Gasteiger partial charge in [0.05, 0.1) is 5.41 Å². The first-order chi connectivity index (χ1) is 32.7. The molecule has 1 aliphatic carbocycles. The Balaban J connectivity index is 1.11. The normalized spacial score (nSPS) is 14.4. The van der Waals surface area contributed by atoms with Gasteiger partial charge in [0.2, 0.25) is 0 Å². The summed E-state index contributed by atoms with van der Waals surface area (Å²) in [5.41, 5.74) is 16.4. The molecule has 0 bridgehead atoms. The fourth-order valence-corrected chi connectivity index (χ4v) is 11.7. The summed E-state index contributed by atoms with van der Waals surface area (Å²) in [6.07, 6.45) is 0. The molecule has 1 aliphatic heterocycles. The van der Waals surface area contributed by atoms with Gasteiger partial charge in [0.1, 0.15) is 0 Å². The zero-order valence-electron chi connectivity index (χ0n) is 35.8. The van der Waals surface area contributed by atoms with Crippen LogP contribution in [0.15, 0.2) is 246 Å². The van der Waals surface area contributed by atoms with Crippen LogP contribution in [0.25, 0.3) is 89.4 Å². The second-order valence-corrected chi connectivity index (χ2v) is 18.1. The zero-order chi connectivity index (χ0) is 43.6. The minimum absolute atomic E-state index is 0.616. The monoisotopic (exact) mass is 857 g/mol. The van der Waals surface area contributed by atoms with E-state index in [0.29, 0.717) is 17.5 Å². The summed E-state index contributed by atoms with van der Waals surface area (Å²) in [6.45, 7) is 0. The van der Waals surface area contributed by atoms with Gasteiger partial charge in [-0.15, -0.1) is 0 Å². The Kier molecular flexibility index (Phi) is 9.00. The summed E-state index contributed by atoms with van der Waals surface area (Å²) in [5.74, 6) is 1.86. The molecule has 1 unspecified atom stereocenters. The molecule has 3 nitrogen and oxygen atoms in total. The van der Waals surface area contributed by atoms with Gasteiger partial charge in [-0.25, -0.2) is 15.0 Å². The molecule has 1 spiro atoms. The van der Waals surface area contributed by atoms with E-state index in [4.69, 9.17) is 15.0 Å². The van der Waals surface area contributed by atoms with Crippen molar-refractivity contribution >= 4 is 22.5 Å². The van der Waals surface area contributed by atoms with E-state index in [1.165, 1.54) is 65.1 Å². The third kappa shape index (κ3) is 6.10. The molecule has 10 aromatic carbocycles. The summed E-state index contributed by atoms with van der Waals surface area (Å²) in [4.78, 5) is 18.6. The van der Waals surface area contributed by atoms with E-state index < -0.39 is 5.41 Å². The smallest absolute Gasteiger partial charge is 0.164 e. The number of nitrogens with zero attached hydrogens (tertiary/aromatic N) is 3. The predicted molar refractivity (Wildman–Crippen MR) is 271 cm³/mol. The number of hydrogen-bond acceptors (Lipinski definition) is 4. The third-order valence-corrected chi connectivity index (χ3v) is 14.6. The van der Waals surface area contributed by atoms with Crippen molar-refractivity contribution < 1.29 is 0 Å². The minimum atomic E-state index is -0.700. The van der Waals surface area contributed by atoms with Crippen LogP contribution < -0.4 is 0 Å². The average molecular weight is 858 g/mol. The van der Waals surface area contributed by atoms with Crippen molar-refractivity contribution in [3.05, 3.63) is 259 Å². The van der Waals surface area contributed by atoms with Gasteiger partial charge >= 0.3 is 0 Å². The Morgan fingerprint density at radius 1 is 0.288 bits per heavy atom. The molecule has 0 saturated heterocycles. The molecule has 1 atom stereocenters. The fourth-order valence-electron chi connectivity index (χ4n) is 10.4. The Bertz CT molecular complexity index is 3620. The molecule has 4 heteroatoms. The minimum Gasteiger partial charge on any atom is -0.208 e. The van der Waals surface area contributed by atoms with Gasteiger partial charge in [0.15, 0.2) is 17.5 Å². The lowest BCUT2D eigenvalue weighted by Gasteiger charge is -2.43. The molecular formula is C62H39N3S. The van der Waals surface area contributed by atoms with Crippen molar-refractivity contribution in [3.8, 4) is 78.7 Å². The molecule has 0 saturated carbocycles. The van der Waals surface area contributed by atoms with Crippen LogP contribution in [0.3, 0.4) is 0 Å². The summed E-state index contributed by atoms with van der Waals surface area (Å²) in [6, 6.07) is 85.5. The molecule has 0 fully saturated rings. The van der Waals surface area contributed by atoms with Crippen LogP contribution in [0.4, 0.5) is 0 Å². The number of benzene rings is 10. The van der Waals surface area contributed by atoms with Crippen LogP contribution in [-0.2, 0) is 5.41 Å². The summed E-state index contributed by atoms with van der Waals surface area (Å²) in [5, 5.41) is 2.49. The van der Waals surface area contributed by atoms with E-state index in [-0.39, 0.29) is 0 Å². The topological polar surface area (TPSA) is 38.7 Å². The maximum atomic E-state index is 5.47. The summed E-state index contributed by atoms with van der Waals surface area (Å²) < 4.78 is 0. The van der Waals surface area contributed by atoms with Crippen LogP contribution in [-0.4, -0.2) is 15.0 Å². The zero-order valence-corrected chi connectivity index (χ0v) is 36.6. The van der Waals surface area contributed by atoms with Crippen LogP contribution in [0.5, 0.6) is 0 Å². The Morgan fingerprint density at radius 3 is 1.47 bits per heavy atom. The van der Waals surface area contributed by atoms with Crippen molar-refractivity contribution in [2.24, 2.45) is 0 Å². The lowest BCUT2D eigenvalue weighted by molar-refractivity contribution is 0.711. The largest absolute Gasteiger partial charge is 0.208 e. The van der Waals surface area contributed by atoms with E-state index in [9.17, 15) is 0 Å². The van der Waals surface area contributed by atoms with E-state index in [0.717, 1.165) is 38.9 Å². The SMILES string of the molecule is c1ccc(-c2cc(-c3ccccc3)cc(-c3nc(-c4ccccc4)nc(-c4ccc5c(c4)C4(c6ccccc6Sc6c4ccc4ccccc64)c4ccccc4-c4ccccc4-5)n3)c2)cc1. The molecule has 0 amide bonds. The van der Waals surface area contributed by atoms with E-state index >= 15 is 0 Å². The van der Waals surface area contributed by atoms with E-state index in [2.05, 4.69) is 218 Å². The second-order valence-electron chi connectivity index (χ2n) is 17.1. The van der Waals surface area contributed by atoms with Gasteiger partial charge in [-0.2, -0.15) is 0 Å². The lowest BCUT2D eigenvalue weighted by atomic mass is 9.62. The van der Waals surface area contributed by atoms with Crippen LogP contribution >= 0.6 is 11.8 Å². The van der Waals surface area contributed by atoms with Crippen LogP contribution in [0, 0.1) is 0 Å². The first-order valence-electron chi connectivity index (χ1n) is 22.4. The molecule has 13 rings (SSSR count). The molecule has 2 aliphatic rings. The van der Waals surface area contributed by atoms with Gasteiger partial charge in [-0.3, -0.25) is 0 Å². The Morgan fingerprint density at radius 2 is 0.788 bits per heavy atom. The van der Waals surface area contributed by atoms with Crippen LogP contribution in [0.1, 0.15) is 22.3 Å². The summed E-state index contributed by atoms with van der Waals surface area (Å²) in [7, 11) is 0. The Labute approximate surface area is 388 Å². The third-order valence-electron chi connectivity index (χ3n) is 13.4. The molecule has 308 valence electrons. The maximum Gasteiger partial charge on any atom is 0.164 e. The highest BCUT2D eigenvalue weighted by atomic mass is 32.2. The molecule has 1 aromatic heterocycles. The molecule has 11 aromatic rings. The fraction of sp³-hybridized carbons (Fsp3) is 0.0161. The number of hydrogen-bond donors (Lipinski definition) is 0. The van der Waals surface area contributed by atoms with Crippen molar-refractivity contribution in [1.82, 2.24) is 15.0 Å². The number of rotatable bonds is 5. The Hall–Kier alpha value is -8.18. The summed E-state index contributed by atoms with van der Waals surface area (Å²) >= 11 is 1.89. The highest BCUT2D eigenvalue weighted by molar-refractivity contribution is 7.99. The highest BCUT2D eigenvalue weighted by Gasteiger charge is 2.48. The molecule has 2 heterocycles. The second kappa shape index (κ2) is 15.5. The van der Waals surface area contributed by atoms with Gasteiger partial charge < -0.3 is 0 Å². The van der Waals surface area contributed by atoms with E-state index in [1.807, 2.05) is 30.0 Å². The number of fused-ring (bicyclic) bond motifs is 13. The molecular weight excluding hydrogens is 819 g/mol. The number of aromatic nitrogens is 3. The highest BCUT2D eigenvalue weighted by Crippen LogP contribution is 2.62. The average Bonchev–Trinajstić information content (AvgIpc) is 3.50. The quantitative estimate of drug-likeness (QED) is 0.173. The van der Waals surface area contributed by atoms with Crippen molar-refractivity contribution in [3.63, 3.8) is 0 Å². The van der Waals surface area contributed by atoms with Crippen molar-refractivity contribution in [2.75, 3.05) is 0 Å². The lowest BCUT2D eigenvalue weighted by Crippen LogP contribution is -2.34. The standard InChI is InChI=1S/C62H39N3S/c1-4-18-40(19-5-1)45-36-46(41-20-6-2-7-21-41)38-47(37-45)61-64-59(43-23-8-3-9-24-43)63-60(65-61)44-32-34-52-50-27-13-12-26-49(50)51-28-14-15-29-53(51)62(56(52)39-44)54-30-16-17-31-57(54)66-58-48-25-11-10-22-42(48)33-35-55(58)62/h1-39H. The van der Waals surface area contributed by atoms with Crippen molar-refractivity contribution in [1.29, 1.82) is 0 Å². The maximum absolute atomic E-state index is 5.47. The first kappa shape index (κ1) is 38.3. The molecule has 0 radical (unpaired) electrons. The van der Waals surface area contributed by atoms with Gasteiger partial charge in [0, 0.05) is 26.5 Å². The van der Waals surface area contributed by atoms with Crippen molar-refractivity contribution in [2.45, 2.75) is 15.2 Å².